The highest BCUT2D eigenvalue weighted by molar-refractivity contribution is 7.13. The van der Waals surface area contributed by atoms with Gasteiger partial charge >= 0.3 is 0 Å². The van der Waals surface area contributed by atoms with Gasteiger partial charge in [-0.25, -0.2) is 4.98 Å². The van der Waals surface area contributed by atoms with Gasteiger partial charge in [0.2, 0.25) is 0 Å². The smallest absolute Gasteiger partial charge is 0.254 e. The van der Waals surface area contributed by atoms with E-state index in [1.165, 1.54) is 0 Å². The molecule has 2 N–H and O–H groups in total. The number of hydrogen-bond donors (Lipinski definition) is 1. The largest absolute Gasteiger partial charge is 0.334 e. The van der Waals surface area contributed by atoms with Crippen LogP contribution in [0.2, 0.25) is 0 Å². The Bertz CT molecular complexity index is 680. The van der Waals surface area contributed by atoms with Gasteiger partial charge in [-0.3, -0.25) is 4.79 Å². The summed E-state index contributed by atoms with van der Waals surface area (Å²) in [5.41, 5.74) is 8.72. The molecule has 0 bridgehead atoms. The van der Waals surface area contributed by atoms with Crippen molar-refractivity contribution in [1.82, 2.24) is 9.88 Å². The van der Waals surface area contributed by atoms with Crippen LogP contribution in [0.15, 0.2) is 29.6 Å². The van der Waals surface area contributed by atoms with Crippen molar-refractivity contribution >= 4 is 17.2 Å². The highest BCUT2D eigenvalue weighted by Gasteiger charge is 2.31. The fourth-order valence-electron chi connectivity index (χ4n) is 3.27. The quantitative estimate of drug-likeness (QED) is 0.940. The first-order valence-corrected chi connectivity index (χ1v) is 9.01. The van der Waals surface area contributed by atoms with Gasteiger partial charge in [0.1, 0.15) is 5.01 Å². The van der Waals surface area contributed by atoms with Crippen LogP contribution in [0.1, 0.15) is 35.8 Å². The lowest BCUT2D eigenvalue weighted by Crippen LogP contribution is -2.51. The Morgan fingerprint density at radius 1 is 1.39 bits per heavy atom. The van der Waals surface area contributed by atoms with Crippen LogP contribution in [0.5, 0.6) is 0 Å². The Kier molecular flexibility index (Phi) is 4.78. The summed E-state index contributed by atoms with van der Waals surface area (Å²) in [6.07, 6.45) is 2.20. The number of rotatable bonds is 3. The number of benzene rings is 1. The number of piperidine rings is 1. The van der Waals surface area contributed by atoms with E-state index in [1.54, 1.807) is 11.3 Å². The van der Waals surface area contributed by atoms with Crippen molar-refractivity contribution in [2.24, 2.45) is 11.7 Å². The minimum Gasteiger partial charge on any atom is -0.334 e. The molecule has 0 unspecified atom stereocenters. The molecule has 1 aromatic heterocycles. The van der Waals surface area contributed by atoms with Gasteiger partial charge in [-0.2, -0.15) is 0 Å². The van der Waals surface area contributed by atoms with E-state index in [-0.39, 0.29) is 11.9 Å². The molecule has 122 valence electrons. The summed E-state index contributed by atoms with van der Waals surface area (Å²) in [5.74, 6) is 0.559. The zero-order valence-electron chi connectivity index (χ0n) is 13.7. The van der Waals surface area contributed by atoms with Gasteiger partial charge < -0.3 is 10.6 Å². The van der Waals surface area contributed by atoms with Gasteiger partial charge in [-0.05, 0) is 37.8 Å². The van der Waals surface area contributed by atoms with E-state index in [0.717, 1.165) is 41.2 Å². The number of amides is 1. The Hall–Kier alpha value is -1.72. The van der Waals surface area contributed by atoms with Crippen molar-refractivity contribution in [3.05, 3.63) is 40.9 Å². The molecule has 23 heavy (non-hydrogen) atoms. The van der Waals surface area contributed by atoms with Crippen LogP contribution in [-0.4, -0.2) is 34.9 Å². The summed E-state index contributed by atoms with van der Waals surface area (Å²) in [6.45, 7) is 5.51. The van der Waals surface area contributed by atoms with Crippen molar-refractivity contribution in [1.29, 1.82) is 0 Å². The molecular formula is C18H23N3OS. The third-order valence-electron chi connectivity index (χ3n) is 4.62. The maximum Gasteiger partial charge on any atom is 0.254 e. The number of likely N-dealkylation sites (tertiary alicyclic amines) is 1. The van der Waals surface area contributed by atoms with Crippen LogP contribution < -0.4 is 5.73 Å². The van der Waals surface area contributed by atoms with Crippen molar-refractivity contribution in [3.8, 4) is 10.6 Å². The third-order valence-corrected chi connectivity index (χ3v) is 5.63. The predicted molar refractivity (Wildman–Crippen MR) is 94.6 cm³/mol. The summed E-state index contributed by atoms with van der Waals surface area (Å²) in [7, 11) is 0. The van der Waals surface area contributed by atoms with Crippen LogP contribution in [0.4, 0.5) is 0 Å². The molecule has 2 heterocycles. The van der Waals surface area contributed by atoms with Gasteiger partial charge in [0.15, 0.2) is 0 Å². The van der Waals surface area contributed by atoms with Crippen LogP contribution in [0.25, 0.3) is 10.6 Å². The highest BCUT2D eigenvalue weighted by atomic mass is 32.1. The van der Waals surface area contributed by atoms with Crippen LogP contribution in [0, 0.1) is 12.8 Å². The molecule has 0 radical (unpaired) electrons. The predicted octanol–water partition coefficient (Wildman–Crippen LogP) is 3.32. The number of aromatic nitrogens is 1. The lowest BCUT2D eigenvalue weighted by atomic mass is 9.90. The van der Waals surface area contributed by atoms with Crippen LogP contribution in [-0.2, 0) is 0 Å². The molecule has 1 aliphatic rings. The number of carbonyl (C=O) groups excluding carboxylic acids is 1. The standard InChI is InChI=1S/C18H23N3OS/c1-12-4-3-9-21(16(12)10-19)18(22)15-7-5-14(6-8-15)17-20-13(2)11-23-17/h5-8,11-12,16H,3-4,9-10,19H2,1-2H3/t12-,16-/m1/s1. The molecule has 0 aliphatic carbocycles. The van der Waals surface area contributed by atoms with E-state index in [4.69, 9.17) is 5.73 Å². The molecule has 1 aromatic carbocycles. The topological polar surface area (TPSA) is 59.2 Å². The van der Waals surface area contributed by atoms with E-state index < -0.39 is 0 Å². The van der Waals surface area contributed by atoms with Crippen molar-refractivity contribution in [2.45, 2.75) is 32.7 Å². The second-order valence-electron chi connectivity index (χ2n) is 6.29. The maximum absolute atomic E-state index is 12.8. The maximum atomic E-state index is 12.8. The average Bonchev–Trinajstić information content (AvgIpc) is 3.00. The van der Waals surface area contributed by atoms with Gasteiger partial charge in [-0.1, -0.05) is 19.1 Å². The lowest BCUT2D eigenvalue weighted by Gasteiger charge is -2.39. The molecule has 0 spiro atoms. The fourth-order valence-corrected chi connectivity index (χ4v) is 4.07. The first-order valence-electron chi connectivity index (χ1n) is 8.13. The number of nitrogens with two attached hydrogens (primary N) is 1. The number of hydrogen-bond acceptors (Lipinski definition) is 4. The highest BCUT2D eigenvalue weighted by Crippen LogP contribution is 2.26. The molecule has 5 heteroatoms. The van der Waals surface area contributed by atoms with Crippen LogP contribution >= 0.6 is 11.3 Å². The van der Waals surface area contributed by atoms with E-state index in [1.807, 2.05) is 41.5 Å². The molecule has 1 aliphatic heterocycles. The molecule has 3 rings (SSSR count). The number of aryl methyl sites for hydroxylation is 1. The minimum absolute atomic E-state index is 0.0915. The van der Waals surface area contributed by atoms with Gasteiger partial charge in [0.05, 0.1) is 0 Å². The molecule has 1 saturated heterocycles. The second kappa shape index (κ2) is 6.81. The zero-order chi connectivity index (χ0) is 16.4. The number of thiazole rings is 1. The molecule has 1 fully saturated rings. The SMILES string of the molecule is Cc1csc(-c2ccc(C(=O)N3CCC[C@@H](C)[C@H]3CN)cc2)n1. The Morgan fingerprint density at radius 3 is 2.74 bits per heavy atom. The molecule has 0 saturated carbocycles. The van der Waals surface area contributed by atoms with Gasteiger partial charge in [-0.15, -0.1) is 11.3 Å². The summed E-state index contributed by atoms with van der Waals surface area (Å²) in [4.78, 5) is 19.3. The van der Waals surface area contributed by atoms with Crippen molar-refractivity contribution in [2.75, 3.05) is 13.1 Å². The zero-order valence-corrected chi connectivity index (χ0v) is 14.5. The van der Waals surface area contributed by atoms with Crippen LogP contribution in [0.3, 0.4) is 0 Å². The Morgan fingerprint density at radius 2 is 2.13 bits per heavy atom. The fraction of sp³-hybridized carbons (Fsp3) is 0.444. The molecule has 4 nitrogen and oxygen atoms in total. The molecule has 1 amide bonds. The number of nitrogens with zero attached hydrogens (tertiary/aromatic N) is 2. The van der Waals surface area contributed by atoms with E-state index in [0.29, 0.717) is 12.5 Å². The van der Waals surface area contributed by atoms with E-state index >= 15 is 0 Å². The van der Waals surface area contributed by atoms with E-state index in [2.05, 4.69) is 11.9 Å². The summed E-state index contributed by atoms with van der Waals surface area (Å²) < 4.78 is 0. The number of carbonyl (C=O) groups is 1. The molecular weight excluding hydrogens is 306 g/mol. The Labute approximate surface area is 141 Å². The third kappa shape index (κ3) is 3.31. The van der Waals surface area contributed by atoms with Crippen molar-refractivity contribution in [3.63, 3.8) is 0 Å². The molecule has 2 atom stereocenters. The summed E-state index contributed by atoms with van der Waals surface area (Å²) in [6, 6.07) is 7.92. The summed E-state index contributed by atoms with van der Waals surface area (Å²) in [5, 5.41) is 3.03. The first kappa shape index (κ1) is 16.1. The monoisotopic (exact) mass is 329 g/mol. The summed E-state index contributed by atoms with van der Waals surface area (Å²) >= 11 is 1.63. The van der Waals surface area contributed by atoms with E-state index in [9.17, 15) is 4.79 Å². The normalized spacial score (nSPS) is 21.4. The second-order valence-corrected chi connectivity index (χ2v) is 7.15. The first-order chi connectivity index (χ1) is 11.1. The Balaban J connectivity index is 1.79. The van der Waals surface area contributed by atoms with Gasteiger partial charge in [0, 0.05) is 41.3 Å². The molecule has 2 aromatic rings. The van der Waals surface area contributed by atoms with Gasteiger partial charge in [0.25, 0.3) is 5.91 Å². The van der Waals surface area contributed by atoms with Crippen molar-refractivity contribution < 1.29 is 4.79 Å². The lowest BCUT2D eigenvalue weighted by molar-refractivity contribution is 0.0532. The average molecular weight is 329 g/mol. The minimum atomic E-state index is 0.0915.